The summed E-state index contributed by atoms with van der Waals surface area (Å²) in [6, 6.07) is 10.4. The molecule has 0 unspecified atom stereocenters. The van der Waals surface area contributed by atoms with Crippen LogP contribution in [0.15, 0.2) is 24.3 Å². The van der Waals surface area contributed by atoms with Gasteiger partial charge >= 0.3 is 0 Å². The molecule has 3 nitrogen and oxygen atoms in total. The van der Waals surface area contributed by atoms with E-state index in [9.17, 15) is 0 Å². The predicted octanol–water partition coefficient (Wildman–Crippen LogP) is 3.71. The van der Waals surface area contributed by atoms with Gasteiger partial charge < -0.3 is 10.1 Å². The van der Waals surface area contributed by atoms with Gasteiger partial charge in [-0.2, -0.15) is 5.26 Å². The molecule has 0 atom stereocenters. The number of methoxy groups -OCH3 is 1. The van der Waals surface area contributed by atoms with Crippen LogP contribution < -0.4 is 5.32 Å². The Morgan fingerprint density at radius 3 is 2.21 bits per heavy atom. The van der Waals surface area contributed by atoms with E-state index in [4.69, 9.17) is 10.00 Å². The first kappa shape index (κ1) is 15.5. The standard InChI is InChI=1S/C16H24N2O/c1-15(2,12-17)13-6-8-14(9-7-13)18-11-10-16(3,4)19-5/h6-9,18H,10-11H2,1-5H3. The van der Waals surface area contributed by atoms with Gasteiger partial charge in [0.25, 0.3) is 0 Å². The summed E-state index contributed by atoms with van der Waals surface area (Å²) >= 11 is 0. The van der Waals surface area contributed by atoms with E-state index in [0.717, 1.165) is 24.2 Å². The maximum absolute atomic E-state index is 9.10. The van der Waals surface area contributed by atoms with E-state index in [1.54, 1.807) is 7.11 Å². The highest BCUT2D eigenvalue weighted by Gasteiger charge is 2.19. The highest BCUT2D eigenvalue weighted by atomic mass is 16.5. The van der Waals surface area contributed by atoms with Crippen LogP contribution in [0.3, 0.4) is 0 Å². The Balaban J connectivity index is 2.57. The Labute approximate surface area is 116 Å². The average Bonchev–Trinajstić information content (AvgIpc) is 2.39. The molecule has 0 fully saturated rings. The molecule has 1 N–H and O–H groups in total. The molecule has 1 aromatic rings. The molecule has 0 bridgehead atoms. The maximum atomic E-state index is 9.10. The highest BCUT2D eigenvalue weighted by Crippen LogP contribution is 2.23. The van der Waals surface area contributed by atoms with Gasteiger partial charge in [-0.05, 0) is 51.8 Å². The predicted molar refractivity (Wildman–Crippen MR) is 79.3 cm³/mol. The van der Waals surface area contributed by atoms with Crippen LogP contribution in [-0.4, -0.2) is 19.3 Å². The van der Waals surface area contributed by atoms with Gasteiger partial charge in [-0.25, -0.2) is 0 Å². The topological polar surface area (TPSA) is 45.0 Å². The molecule has 104 valence electrons. The molecule has 19 heavy (non-hydrogen) atoms. The molecule has 0 amide bonds. The molecule has 3 heteroatoms. The SMILES string of the molecule is COC(C)(C)CCNc1ccc(C(C)(C)C#N)cc1. The van der Waals surface area contributed by atoms with Crippen molar-refractivity contribution >= 4 is 5.69 Å². The van der Waals surface area contributed by atoms with E-state index >= 15 is 0 Å². The Kier molecular flexibility index (Phi) is 4.97. The van der Waals surface area contributed by atoms with Crippen molar-refractivity contribution in [3.63, 3.8) is 0 Å². The second-order valence-corrected chi connectivity index (χ2v) is 5.95. The zero-order valence-corrected chi connectivity index (χ0v) is 12.6. The van der Waals surface area contributed by atoms with Crippen molar-refractivity contribution in [3.8, 4) is 6.07 Å². The highest BCUT2D eigenvalue weighted by molar-refractivity contribution is 5.46. The first-order chi connectivity index (χ1) is 8.80. The molecule has 0 heterocycles. The summed E-state index contributed by atoms with van der Waals surface area (Å²) < 4.78 is 5.38. The number of anilines is 1. The van der Waals surface area contributed by atoms with E-state index < -0.39 is 5.41 Å². The largest absolute Gasteiger partial charge is 0.385 e. The normalized spacial score (nSPS) is 12.0. The molecule has 0 spiro atoms. The minimum atomic E-state index is -0.434. The van der Waals surface area contributed by atoms with Gasteiger partial charge in [0.2, 0.25) is 0 Å². The third kappa shape index (κ3) is 4.57. The third-order valence-corrected chi connectivity index (χ3v) is 3.49. The number of rotatable bonds is 6. The van der Waals surface area contributed by atoms with Gasteiger partial charge in [0.05, 0.1) is 17.1 Å². The van der Waals surface area contributed by atoms with Gasteiger partial charge in [-0.1, -0.05) is 12.1 Å². The maximum Gasteiger partial charge on any atom is 0.0766 e. The fourth-order valence-corrected chi connectivity index (χ4v) is 1.68. The quantitative estimate of drug-likeness (QED) is 0.848. The van der Waals surface area contributed by atoms with Crippen LogP contribution in [0, 0.1) is 11.3 Å². The van der Waals surface area contributed by atoms with Crippen LogP contribution in [0.4, 0.5) is 5.69 Å². The molecule has 0 aliphatic rings. The summed E-state index contributed by atoms with van der Waals surface area (Å²) in [6.45, 7) is 8.87. The van der Waals surface area contributed by atoms with Crippen LogP contribution in [0.1, 0.15) is 39.7 Å². The molecule has 0 saturated heterocycles. The second kappa shape index (κ2) is 6.08. The first-order valence-corrected chi connectivity index (χ1v) is 6.61. The fourth-order valence-electron chi connectivity index (χ4n) is 1.68. The number of nitrogens with zero attached hydrogens (tertiary/aromatic N) is 1. The van der Waals surface area contributed by atoms with Gasteiger partial charge in [0.15, 0.2) is 0 Å². The lowest BCUT2D eigenvalue weighted by atomic mass is 9.86. The molecule has 0 saturated carbocycles. The minimum Gasteiger partial charge on any atom is -0.385 e. The molecular weight excluding hydrogens is 236 g/mol. The summed E-state index contributed by atoms with van der Waals surface area (Å²) in [6.07, 6.45) is 0.939. The number of benzene rings is 1. The number of hydrogen-bond acceptors (Lipinski definition) is 3. The molecule has 0 aromatic heterocycles. The fraction of sp³-hybridized carbons (Fsp3) is 0.562. The summed E-state index contributed by atoms with van der Waals surface area (Å²) in [7, 11) is 1.73. The molecular formula is C16H24N2O. The van der Waals surface area contributed by atoms with Gasteiger partial charge in [-0.3, -0.25) is 0 Å². The molecule has 0 aliphatic carbocycles. The van der Waals surface area contributed by atoms with Crippen LogP contribution >= 0.6 is 0 Å². The first-order valence-electron chi connectivity index (χ1n) is 6.61. The Bertz CT molecular complexity index is 441. The van der Waals surface area contributed by atoms with Crippen LogP contribution in [0.5, 0.6) is 0 Å². The van der Waals surface area contributed by atoms with Gasteiger partial charge in [-0.15, -0.1) is 0 Å². The summed E-state index contributed by atoms with van der Waals surface area (Å²) in [5.41, 5.74) is 1.58. The van der Waals surface area contributed by atoms with Crippen molar-refractivity contribution in [1.29, 1.82) is 5.26 Å². The van der Waals surface area contributed by atoms with E-state index in [0.29, 0.717) is 0 Å². The molecule has 1 aromatic carbocycles. The lowest BCUT2D eigenvalue weighted by Gasteiger charge is -2.23. The molecule has 0 aliphatic heterocycles. The lowest BCUT2D eigenvalue weighted by molar-refractivity contribution is 0.0185. The van der Waals surface area contributed by atoms with E-state index in [-0.39, 0.29) is 5.60 Å². The van der Waals surface area contributed by atoms with Crippen molar-refractivity contribution in [2.45, 2.75) is 45.1 Å². The minimum absolute atomic E-state index is 0.101. The summed E-state index contributed by atoms with van der Waals surface area (Å²) in [5, 5.41) is 12.5. The van der Waals surface area contributed by atoms with E-state index in [2.05, 4.69) is 25.2 Å². The van der Waals surface area contributed by atoms with Crippen molar-refractivity contribution in [3.05, 3.63) is 29.8 Å². The monoisotopic (exact) mass is 260 g/mol. The Morgan fingerprint density at radius 2 is 1.74 bits per heavy atom. The number of nitriles is 1. The molecule has 0 radical (unpaired) electrons. The number of hydrogen-bond donors (Lipinski definition) is 1. The van der Waals surface area contributed by atoms with Crippen molar-refractivity contribution in [1.82, 2.24) is 0 Å². The summed E-state index contributed by atoms with van der Waals surface area (Å²) in [4.78, 5) is 0. The van der Waals surface area contributed by atoms with Crippen LogP contribution in [0.2, 0.25) is 0 Å². The zero-order chi connectivity index (χ0) is 14.5. The van der Waals surface area contributed by atoms with Crippen molar-refractivity contribution in [2.24, 2.45) is 0 Å². The smallest absolute Gasteiger partial charge is 0.0766 e. The van der Waals surface area contributed by atoms with Gasteiger partial charge in [0.1, 0.15) is 0 Å². The van der Waals surface area contributed by atoms with Crippen molar-refractivity contribution in [2.75, 3.05) is 19.0 Å². The average molecular weight is 260 g/mol. The number of nitrogens with one attached hydrogen (secondary N) is 1. The zero-order valence-electron chi connectivity index (χ0n) is 12.6. The third-order valence-electron chi connectivity index (χ3n) is 3.49. The second-order valence-electron chi connectivity index (χ2n) is 5.95. The van der Waals surface area contributed by atoms with E-state index in [1.807, 2.05) is 38.1 Å². The Hall–Kier alpha value is -1.53. The summed E-state index contributed by atoms with van der Waals surface area (Å²) in [5.74, 6) is 0. The van der Waals surface area contributed by atoms with Gasteiger partial charge in [0, 0.05) is 19.3 Å². The molecule has 1 rings (SSSR count). The van der Waals surface area contributed by atoms with Crippen molar-refractivity contribution < 1.29 is 4.74 Å². The van der Waals surface area contributed by atoms with Crippen LogP contribution in [0.25, 0.3) is 0 Å². The number of ether oxygens (including phenoxy) is 1. The van der Waals surface area contributed by atoms with E-state index in [1.165, 1.54) is 0 Å². The van der Waals surface area contributed by atoms with Crippen LogP contribution in [-0.2, 0) is 10.2 Å². The lowest BCUT2D eigenvalue weighted by Crippen LogP contribution is -2.25. The Morgan fingerprint density at radius 1 is 1.16 bits per heavy atom.